The number of phenolic OH excluding ortho intramolecular Hbond substituents is 1. The Hall–Kier alpha value is -2.33. The van der Waals surface area contributed by atoms with E-state index in [1.807, 2.05) is 0 Å². The number of phenols is 1. The lowest BCUT2D eigenvalue weighted by Crippen LogP contribution is -2.31. The summed E-state index contributed by atoms with van der Waals surface area (Å²) in [6, 6.07) is 14.5. The van der Waals surface area contributed by atoms with Crippen LogP contribution in [0.5, 0.6) is 5.75 Å². The molecule has 122 valence electrons. The molecule has 0 saturated carbocycles. The van der Waals surface area contributed by atoms with E-state index in [-0.39, 0.29) is 11.7 Å². The normalized spacial score (nSPS) is 11.9. The van der Waals surface area contributed by atoms with E-state index >= 15 is 0 Å². The van der Waals surface area contributed by atoms with Crippen LogP contribution in [0.25, 0.3) is 0 Å². The van der Waals surface area contributed by atoms with Crippen molar-refractivity contribution in [2.24, 2.45) is 0 Å². The van der Waals surface area contributed by atoms with Crippen LogP contribution in [0.1, 0.15) is 29.7 Å². The summed E-state index contributed by atoms with van der Waals surface area (Å²) >= 11 is 0. The van der Waals surface area contributed by atoms with Crippen LogP contribution < -0.4 is 5.32 Å². The van der Waals surface area contributed by atoms with E-state index < -0.39 is 6.04 Å². The zero-order valence-corrected chi connectivity index (χ0v) is 13.6. The third-order valence-corrected chi connectivity index (χ3v) is 3.86. The number of esters is 1. The second kappa shape index (κ2) is 8.34. The lowest BCUT2D eigenvalue weighted by molar-refractivity contribution is -0.143. The molecular weight excluding hydrogens is 290 g/mol. The quantitative estimate of drug-likeness (QED) is 0.772. The fourth-order valence-electron chi connectivity index (χ4n) is 2.42. The zero-order chi connectivity index (χ0) is 16.7. The van der Waals surface area contributed by atoms with Gasteiger partial charge in [-0.15, -0.1) is 0 Å². The van der Waals surface area contributed by atoms with Crippen LogP contribution in [-0.2, 0) is 22.4 Å². The number of hydrogen-bond donors (Lipinski definition) is 2. The second-order valence-electron chi connectivity index (χ2n) is 5.42. The lowest BCUT2D eigenvalue weighted by Gasteiger charge is -2.17. The number of aryl methyl sites for hydroxylation is 1. The number of aromatic hydroxyl groups is 1. The SMILES string of the molecule is CCc1ccc(CCN[C@@H](C(=O)OC)c2ccc(O)cc2)cc1. The molecule has 0 heterocycles. The lowest BCUT2D eigenvalue weighted by atomic mass is 10.1. The Morgan fingerprint density at radius 3 is 2.26 bits per heavy atom. The van der Waals surface area contributed by atoms with Crippen molar-refractivity contribution in [2.75, 3.05) is 13.7 Å². The van der Waals surface area contributed by atoms with Crippen molar-refractivity contribution < 1.29 is 14.6 Å². The first-order chi connectivity index (χ1) is 11.1. The minimum absolute atomic E-state index is 0.174. The van der Waals surface area contributed by atoms with Gasteiger partial charge in [-0.25, -0.2) is 4.79 Å². The highest BCUT2D eigenvalue weighted by Crippen LogP contribution is 2.18. The van der Waals surface area contributed by atoms with Crippen molar-refractivity contribution in [1.82, 2.24) is 5.32 Å². The topological polar surface area (TPSA) is 58.6 Å². The Morgan fingerprint density at radius 1 is 1.09 bits per heavy atom. The van der Waals surface area contributed by atoms with Crippen molar-refractivity contribution >= 4 is 5.97 Å². The third kappa shape index (κ3) is 4.83. The smallest absolute Gasteiger partial charge is 0.327 e. The first-order valence-electron chi connectivity index (χ1n) is 7.82. The van der Waals surface area contributed by atoms with E-state index in [1.54, 1.807) is 24.3 Å². The van der Waals surface area contributed by atoms with Crippen molar-refractivity contribution in [3.05, 3.63) is 65.2 Å². The molecule has 0 aliphatic heterocycles. The van der Waals surface area contributed by atoms with Crippen molar-refractivity contribution in [1.29, 1.82) is 0 Å². The van der Waals surface area contributed by atoms with Crippen LogP contribution in [0.15, 0.2) is 48.5 Å². The molecule has 0 aliphatic rings. The van der Waals surface area contributed by atoms with Crippen molar-refractivity contribution in [3.63, 3.8) is 0 Å². The Labute approximate surface area is 137 Å². The van der Waals surface area contributed by atoms with Gasteiger partial charge in [0.25, 0.3) is 0 Å². The molecule has 0 radical (unpaired) electrons. The number of benzene rings is 2. The monoisotopic (exact) mass is 313 g/mol. The molecule has 0 saturated heterocycles. The Bertz CT molecular complexity index is 620. The zero-order valence-electron chi connectivity index (χ0n) is 13.6. The first-order valence-corrected chi connectivity index (χ1v) is 7.82. The molecule has 2 rings (SSSR count). The van der Waals surface area contributed by atoms with Gasteiger partial charge in [0.2, 0.25) is 0 Å². The van der Waals surface area contributed by atoms with Crippen LogP contribution in [0.4, 0.5) is 0 Å². The van der Waals surface area contributed by atoms with Gasteiger partial charge in [0, 0.05) is 6.54 Å². The number of carbonyl (C=O) groups is 1. The summed E-state index contributed by atoms with van der Waals surface area (Å²) in [6.45, 7) is 2.79. The maximum absolute atomic E-state index is 12.0. The van der Waals surface area contributed by atoms with Crippen molar-refractivity contribution in [2.45, 2.75) is 25.8 Å². The summed E-state index contributed by atoms with van der Waals surface area (Å²) in [5.74, 6) is -0.162. The third-order valence-electron chi connectivity index (χ3n) is 3.86. The van der Waals surface area contributed by atoms with Gasteiger partial charge in [-0.1, -0.05) is 43.3 Å². The number of rotatable bonds is 7. The van der Waals surface area contributed by atoms with E-state index in [0.717, 1.165) is 18.4 Å². The molecule has 0 unspecified atom stereocenters. The summed E-state index contributed by atoms with van der Waals surface area (Å²) in [5, 5.41) is 12.6. The molecule has 0 aromatic heterocycles. The molecule has 0 spiro atoms. The highest BCUT2D eigenvalue weighted by molar-refractivity contribution is 5.77. The predicted octanol–water partition coefficient (Wildman–Crippen LogP) is 3.00. The predicted molar refractivity (Wildman–Crippen MR) is 90.4 cm³/mol. The van der Waals surface area contributed by atoms with E-state index in [2.05, 4.69) is 36.5 Å². The van der Waals surface area contributed by atoms with Crippen LogP contribution in [-0.4, -0.2) is 24.7 Å². The van der Waals surface area contributed by atoms with Crippen LogP contribution in [0.2, 0.25) is 0 Å². The van der Waals surface area contributed by atoms with Gasteiger partial charge in [-0.3, -0.25) is 0 Å². The van der Waals surface area contributed by atoms with Gasteiger partial charge < -0.3 is 15.2 Å². The average Bonchev–Trinajstić information content (AvgIpc) is 2.59. The molecule has 0 aliphatic carbocycles. The Kier molecular flexibility index (Phi) is 6.18. The largest absolute Gasteiger partial charge is 0.508 e. The fourth-order valence-corrected chi connectivity index (χ4v) is 2.42. The van der Waals surface area contributed by atoms with Gasteiger partial charge in [-0.2, -0.15) is 0 Å². The van der Waals surface area contributed by atoms with Gasteiger partial charge in [-0.05, 0) is 41.7 Å². The van der Waals surface area contributed by atoms with Gasteiger partial charge in [0.1, 0.15) is 11.8 Å². The molecule has 1 atom stereocenters. The maximum Gasteiger partial charge on any atom is 0.327 e. The van der Waals surface area contributed by atoms with Gasteiger partial charge in [0.15, 0.2) is 0 Å². The number of methoxy groups -OCH3 is 1. The summed E-state index contributed by atoms with van der Waals surface area (Å²) in [6.07, 6.45) is 1.86. The standard InChI is InChI=1S/C19H23NO3/c1-3-14-4-6-15(7-5-14)12-13-20-18(19(22)23-2)16-8-10-17(21)11-9-16/h4-11,18,20-21H,3,12-13H2,1-2H3/t18-/m1/s1. The van der Waals surface area contributed by atoms with Crippen molar-refractivity contribution in [3.8, 4) is 5.75 Å². The number of hydrogen-bond acceptors (Lipinski definition) is 4. The van der Waals surface area contributed by atoms with Gasteiger partial charge in [0.05, 0.1) is 7.11 Å². The van der Waals surface area contributed by atoms with E-state index in [4.69, 9.17) is 4.74 Å². The van der Waals surface area contributed by atoms with E-state index in [9.17, 15) is 9.90 Å². The first kappa shape index (κ1) is 17.0. The summed E-state index contributed by atoms with van der Waals surface area (Å²) in [7, 11) is 1.38. The molecule has 2 aromatic rings. The summed E-state index contributed by atoms with van der Waals surface area (Å²) < 4.78 is 4.87. The summed E-state index contributed by atoms with van der Waals surface area (Å²) in [5.41, 5.74) is 3.32. The minimum atomic E-state index is -0.532. The maximum atomic E-state index is 12.0. The molecule has 0 bridgehead atoms. The molecule has 4 nitrogen and oxygen atoms in total. The minimum Gasteiger partial charge on any atom is -0.508 e. The fraction of sp³-hybridized carbons (Fsp3) is 0.316. The molecule has 23 heavy (non-hydrogen) atoms. The van der Waals surface area contributed by atoms with E-state index in [0.29, 0.717) is 6.54 Å². The highest BCUT2D eigenvalue weighted by Gasteiger charge is 2.20. The number of ether oxygens (including phenoxy) is 1. The van der Waals surface area contributed by atoms with Gasteiger partial charge >= 0.3 is 5.97 Å². The van der Waals surface area contributed by atoms with E-state index in [1.165, 1.54) is 18.2 Å². The molecule has 2 aromatic carbocycles. The van der Waals surface area contributed by atoms with Crippen LogP contribution in [0, 0.1) is 0 Å². The molecular formula is C19H23NO3. The highest BCUT2D eigenvalue weighted by atomic mass is 16.5. The Balaban J connectivity index is 1.98. The van der Waals surface area contributed by atoms with Crippen LogP contribution >= 0.6 is 0 Å². The summed E-state index contributed by atoms with van der Waals surface area (Å²) in [4.78, 5) is 12.0. The second-order valence-corrected chi connectivity index (χ2v) is 5.42. The van der Waals surface area contributed by atoms with Crippen LogP contribution in [0.3, 0.4) is 0 Å². The molecule has 0 fully saturated rings. The molecule has 4 heteroatoms. The number of nitrogens with one attached hydrogen (secondary N) is 1. The average molecular weight is 313 g/mol. The number of carbonyl (C=O) groups excluding carboxylic acids is 1. The molecule has 0 amide bonds. The Morgan fingerprint density at radius 2 is 1.70 bits per heavy atom. The molecule has 2 N–H and O–H groups in total.